The van der Waals surface area contributed by atoms with Gasteiger partial charge in [0.05, 0.1) is 13.7 Å². The zero-order valence-electron chi connectivity index (χ0n) is 10.7. The monoisotopic (exact) mass is 263 g/mol. The Labute approximate surface area is 109 Å². The first-order valence-electron chi connectivity index (χ1n) is 5.68. The molecule has 2 aromatic rings. The number of halogens is 1. The van der Waals surface area contributed by atoms with E-state index in [1.54, 1.807) is 13.0 Å². The van der Waals surface area contributed by atoms with Crippen molar-refractivity contribution < 1.29 is 9.13 Å². The summed E-state index contributed by atoms with van der Waals surface area (Å²) in [6, 6.07) is 5.89. The quantitative estimate of drug-likeness (QED) is 0.848. The summed E-state index contributed by atoms with van der Waals surface area (Å²) in [6.45, 7) is 1.67. The van der Waals surface area contributed by atoms with Crippen LogP contribution in [0, 0.1) is 12.7 Å². The van der Waals surface area contributed by atoms with Gasteiger partial charge >= 0.3 is 0 Å². The third-order valence-electron chi connectivity index (χ3n) is 2.76. The number of rotatable bonds is 3. The molecule has 100 valence electrons. The van der Waals surface area contributed by atoms with E-state index in [1.807, 2.05) is 0 Å². The molecule has 0 atom stereocenters. The van der Waals surface area contributed by atoms with E-state index in [0.717, 1.165) is 0 Å². The Morgan fingerprint density at radius 1 is 1.47 bits per heavy atom. The highest BCUT2D eigenvalue weighted by molar-refractivity contribution is 5.47. The maximum atomic E-state index is 13.7. The van der Waals surface area contributed by atoms with Crippen LogP contribution in [-0.2, 0) is 6.54 Å². The molecule has 1 heterocycles. The van der Waals surface area contributed by atoms with Gasteiger partial charge in [0.1, 0.15) is 5.82 Å². The Morgan fingerprint density at radius 2 is 2.21 bits per heavy atom. The Bertz CT molecular complexity index is 647. The molecule has 5 nitrogen and oxygen atoms in total. The summed E-state index contributed by atoms with van der Waals surface area (Å²) in [5.74, 6) is -0.463. The fraction of sp³-hybridized carbons (Fsp3) is 0.231. The van der Waals surface area contributed by atoms with Gasteiger partial charge in [0.25, 0.3) is 11.6 Å². The third kappa shape index (κ3) is 2.57. The summed E-state index contributed by atoms with van der Waals surface area (Å²) < 4.78 is 20.0. The van der Waals surface area contributed by atoms with Gasteiger partial charge in [0.2, 0.25) is 0 Å². The van der Waals surface area contributed by atoms with Crippen LogP contribution in [0.5, 0.6) is 6.01 Å². The van der Waals surface area contributed by atoms with Gasteiger partial charge in [-0.15, -0.1) is 0 Å². The standard InChI is InChI=1S/C13H14FN3O2/c1-8-6-12(18)17(13(16-8)19-2)7-9-10(14)4-3-5-11(9)15/h3-6H,7,15H2,1-2H3. The van der Waals surface area contributed by atoms with Gasteiger partial charge in [-0.2, -0.15) is 0 Å². The summed E-state index contributed by atoms with van der Waals surface area (Å²) in [6.07, 6.45) is 0. The molecule has 0 aliphatic carbocycles. The highest BCUT2D eigenvalue weighted by atomic mass is 19.1. The van der Waals surface area contributed by atoms with E-state index in [1.165, 1.54) is 29.9 Å². The molecule has 19 heavy (non-hydrogen) atoms. The van der Waals surface area contributed by atoms with E-state index < -0.39 is 5.82 Å². The summed E-state index contributed by atoms with van der Waals surface area (Å²) >= 11 is 0. The predicted octanol–water partition coefficient (Wildman–Crippen LogP) is 1.33. The van der Waals surface area contributed by atoms with Crippen LogP contribution in [0.1, 0.15) is 11.3 Å². The highest BCUT2D eigenvalue weighted by Crippen LogP contribution is 2.18. The van der Waals surface area contributed by atoms with Crippen molar-refractivity contribution in [2.24, 2.45) is 0 Å². The topological polar surface area (TPSA) is 70.1 Å². The van der Waals surface area contributed by atoms with Crippen LogP contribution in [0.15, 0.2) is 29.1 Å². The van der Waals surface area contributed by atoms with Crippen LogP contribution in [0.4, 0.5) is 10.1 Å². The molecule has 0 saturated carbocycles. The average Bonchev–Trinajstić information content (AvgIpc) is 2.35. The van der Waals surface area contributed by atoms with Gasteiger partial charge in [0.15, 0.2) is 0 Å². The fourth-order valence-electron chi connectivity index (χ4n) is 1.80. The molecule has 2 N–H and O–H groups in total. The van der Waals surface area contributed by atoms with E-state index in [0.29, 0.717) is 5.69 Å². The number of anilines is 1. The normalized spacial score (nSPS) is 10.5. The minimum Gasteiger partial charge on any atom is -0.468 e. The number of hydrogen-bond acceptors (Lipinski definition) is 4. The van der Waals surface area contributed by atoms with Gasteiger partial charge < -0.3 is 10.5 Å². The number of nitrogens with two attached hydrogens (primary N) is 1. The van der Waals surface area contributed by atoms with Crippen molar-refractivity contribution >= 4 is 5.69 Å². The van der Waals surface area contributed by atoms with Crippen molar-refractivity contribution in [1.29, 1.82) is 0 Å². The second-order valence-corrected chi connectivity index (χ2v) is 4.12. The summed E-state index contributed by atoms with van der Waals surface area (Å²) in [4.78, 5) is 16.0. The van der Waals surface area contributed by atoms with E-state index in [4.69, 9.17) is 10.5 Å². The number of benzene rings is 1. The molecule has 0 amide bonds. The number of ether oxygens (including phenoxy) is 1. The smallest absolute Gasteiger partial charge is 0.299 e. The van der Waals surface area contributed by atoms with Crippen LogP contribution in [0.3, 0.4) is 0 Å². The largest absolute Gasteiger partial charge is 0.468 e. The minimum atomic E-state index is -0.463. The number of methoxy groups -OCH3 is 1. The maximum Gasteiger partial charge on any atom is 0.299 e. The van der Waals surface area contributed by atoms with Crippen molar-refractivity contribution in [3.05, 3.63) is 51.7 Å². The molecule has 0 aliphatic heterocycles. The van der Waals surface area contributed by atoms with Crippen LogP contribution in [0.2, 0.25) is 0 Å². The van der Waals surface area contributed by atoms with Crippen molar-refractivity contribution in [2.75, 3.05) is 12.8 Å². The minimum absolute atomic E-state index is 0.0200. The molecule has 0 saturated heterocycles. The van der Waals surface area contributed by atoms with Crippen LogP contribution >= 0.6 is 0 Å². The van der Waals surface area contributed by atoms with Crippen molar-refractivity contribution in [3.8, 4) is 6.01 Å². The van der Waals surface area contributed by atoms with Crippen molar-refractivity contribution in [3.63, 3.8) is 0 Å². The second kappa shape index (κ2) is 5.09. The maximum absolute atomic E-state index is 13.7. The van der Waals surface area contributed by atoms with Crippen LogP contribution < -0.4 is 16.0 Å². The zero-order valence-corrected chi connectivity index (χ0v) is 10.7. The molecule has 0 aliphatic rings. The third-order valence-corrected chi connectivity index (χ3v) is 2.76. The number of aryl methyl sites for hydroxylation is 1. The summed E-state index contributed by atoms with van der Waals surface area (Å²) in [7, 11) is 1.41. The predicted molar refractivity (Wildman–Crippen MR) is 69.7 cm³/mol. The molecular formula is C13H14FN3O2. The van der Waals surface area contributed by atoms with Gasteiger partial charge in [-0.3, -0.25) is 9.36 Å². The number of nitrogen functional groups attached to an aromatic ring is 1. The molecule has 0 spiro atoms. The van der Waals surface area contributed by atoms with Crippen molar-refractivity contribution in [2.45, 2.75) is 13.5 Å². The van der Waals surface area contributed by atoms with E-state index in [-0.39, 0.29) is 29.4 Å². The Kier molecular flexibility index (Phi) is 3.50. The van der Waals surface area contributed by atoms with E-state index in [2.05, 4.69) is 4.98 Å². The van der Waals surface area contributed by atoms with Gasteiger partial charge in [-0.1, -0.05) is 6.07 Å². The lowest BCUT2D eigenvalue weighted by Gasteiger charge is -2.12. The molecule has 0 radical (unpaired) electrons. The lowest BCUT2D eigenvalue weighted by Crippen LogP contribution is -2.24. The molecule has 2 rings (SSSR count). The second-order valence-electron chi connectivity index (χ2n) is 4.12. The number of hydrogen-bond donors (Lipinski definition) is 1. The summed E-state index contributed by atoms with van der Waals surface area (Å²) in [5, 5.41) is 0. The number of nitrogens with zero attached hydrogens (tertiary/aromatic N) is 2. The van der Waals surface area contributed by atoms with Gasteiger partial charge in [-0.25, -0.2) is 9.37 Å². The Hall–Kier alpha value is -2.37. The lowest BCUT2D eigenvalue weighted by molar-refractivity contribution is 0.349. The molecule has 1 aromatic heterocycles. The first-order chi connectivity index (χ1) is 9.02. The fourth-order valence-corrected chi connectivity index (χ4v) is 1.80. The summed E-state index contributed by atoms with van der Waals surface area (Å²) in [5.41, 5.74) is 6.48. The zero-order chi connectivity index (χ0) is 14.0. The first kappa shape index (κ1) is 13.1. The molecule has 6 heteroatoms. The van der Waals surface area contributed by atoms with Crippen LogP contribution in [0.25, 0.3) is 0 Å². The van der Waals surface area contributed by atoms with Crippen LogP contribution in [-0.4, -0.2) is 16.7 Å². The van der Waals surface area contributed by atoms with Gasteiger partial charge in [0, 0.05) is 23.0 Å². The molecule has 1 aromatic carbocycles. The highest BCUT2D eigenvalue weighted by Gasteiger charge is 2.12. The molecule has 0 bridgehead atoms. The molecular weight excluding hydrogens is 249 g/mol. The number of aromatic nitrogens is 2. The van der Waals surface area contributed by atoms with E-state index >= 15 is 0 Å². The molecule has 0 fully saturated rings. The lowest BCUT2D eigenvalue weighted by atomic mass is 10.1. The Morgan fingerprint density at radius 3 is 2.84 bits per heavy atom. The Balaban J connectivity index is 2.52. The van der Waals surface area contributed by atoms with Crippen molar-refractivity contribution in [1.82, 2.24) is 9.55 Å². The SMILES string of the molecule is COc1nc(C)cc(=O)n1Cc1c(N)cccc1F. The average molecular weight is 263 g/mol. The van der Waals surface area contributed by atoms with E-state index in [9.17, 15) is 9.18 Å². The van der Waals surface area contributed by atoms with Gasteiger partial charge in [-0.05, 0) is 19.1 Å². The first-order valence-corrected chi connectivity index (χ1v) is 5.68. The molecule has 0 unspecified atom stereocenters.